The van der Waals surface area contributed by atoms with E-state index in [9.17, 15) is 17.6 Å². The maximum Gasteiger partial charge on any atom is 0.324 e. The molecule has 0 spiro atoms. The first kappa shape index (κ1) is 23.5. The average Bonchev–Trinajstić information content (AvgIpc) is 2.66. The summed E-state index contributed by atoms with van der Waals surface area (Å²) in [4.78, 5) is 12.7. The van der Waals surface area contributed by atoms with Gasteiger partial charge in [-0.2, -0.15) is 4.31 Å². The second-order valence-corrected chi connectivity index (χ2v) is 9.80. The number of rotatable bonds is 9. The molecular weight excluding hydrogens is 461 g/mol. The van der Waals surface area contributed by atoms with Gasteiger partial charge in [-0.15, -0.1) is 0 Å². The van der Waals surface area contributed by atoms with Crippen LogP contribution in [0.2, 0.25) is 0 Å². The van der Waals surface area contributed by atoms with E-state index in [1.807, 2.05) is 13.8 Å². The van der Waals surface area contributed by atoms with Gasteiger partial charge in [0.25, 0.3) is 0 Å². The van der Waals surface area contributed by atoms with E-state index in [4.69, 9.17) is 4.74 Å². The Morgan fingerprint density at radius 1 is 1.14 bits per heavy atom. The van der Waals surface area contributed by atoms with Crippen LogP contribution >= 0.6 is 15.9 Å². The summed E-state index contributed by atoms with van der Waals surface area (Å²) >= 11 is 3.29. The zero-order valence-corrected chi connectivity index (χ0v) is 19.0. The monoisotopic (exact) mass is 485 g/mol. The normalized spacial score (nSPS) is 12.9. The molecule has 0 aromatic heterocycles. The number of hydrogen-bond acceptors (Lipinski definition) is 4. The first-order chi connectivity index (χ1) is 13.7. The van der Waals surface area contributed by atoms with Gasteiger partial charge in [0.2, 0.25) is 10.0 Å². The topological polar surface area (TPSA) is 63.7 Å². The smallest absolute Gasteiger partial charge is 0.324 e. The van der Waals surface area contributed by atoms with Crippen molar-refractivity contribution >= 4 is 31.9 Å². The minimum atomic E-state index is -4.10. The summed E-state index contributed by atoms with van der Waals surface area (Å²) in [6.45, 7) is 5.29. The van der Waals surface area contributed by atoms with Gasteiger partial charge in [-0.25, -0.2) is 12.8 Å². The molecule has 2 aromatic carbocycles. The Kier molecular flexibility index (Phi) is 8.36. The highest BCUT2D eigenvalue weighted by Crippen LogP contribution is 2.27. The molecule has 0 amide bonds. The van der Waals surface area contributed by atoms with Gasteiger partial charge in [-0.05, 0) is 49.6 Å². The summed E-state index contributed by atoms with van der Waals surface area (Å²) in [6.07, 6.45) is 0.253. The molecule has 158 valence electrons. The van der Waals surface area contributed by atoms with Crippen LogP contribution in [0.4, 0.5) is 4.39 Å². The molecule has 29 heavy (non-hydrogen) atoms. The van der Waals surface area contributed by atoms with E-state index in [1.54, 1.807) is 25.1 Å². The van der Waals surface area contributed by atoms with Crippen LogP contribution in [0.5, 0.6) is 0 Å². The number of carbonyl (C=O) groups excluding carboxylic acids is 1. The summed E-state index contributed by atoms with van der Waals surface area (Å²) in [5, 5.41) is 0. The van der Waals surface area contributed by atoms with Crippen molar-refractivity contribution in [3.05, 3.63) is 64.4 Å². The number of nitrogens with zero attached hydrogens (tertiary/aromatic N) is 1. The van der Waals surface area contributed by atoms with Crippen LogP contribution < -0.4 is 0 Å². The fourth-order valence-electron chi connectivity index (χ4n) is 2.92. The van der Waals surface area contributed by atoms with Gasteiger partial charge in [0.1, 0.15) is 11.9 Å². The van der Waals surface area contributed by atoms with Crippen molar-refractivity contribution in [3.8, 4) is 0 Å². The Bertz CT molecular complexity index is 932. The van der Waals surface area contributed by atoms with Crippen LogP contribution in [0.1, 0.15) is 32.8 Å². The first-order valence-electron chi connectivity index (χ1n) is 9.34. The van der Waals surface area contributed by atoms with E-state index in [-0.39, 0.29) is 35.9 Å². The van der Waals surface area contributed by atoms with Crippen molar-refractivity contribution in [3.63, 3.8) is 0 Å². The van der Waals surface area contributed by atoms with Crippen molar-refractivity contribution in [1.29, 1.82) is 0 Å². The highest BCUT2D eigenvalue weighted by molar-refractivity contribution is 9.10. The van der Waals surface area contributed by atoms with Gasteiger partial charge in [0.15, 0.2) is 0 Å². The predicted octanol–water partition coefficient (Wildman–Crippen LogP) is 4.76. The lowest BCUT2D eigenvalue weighted by Crippen LogP contribution is -2.46. The summed E-state index contributed by atoms with van der Waals surface area (Å²) in [5.41, 5.74) is 0.186. The van der Waals surface area contributed by atoms with Crippen LogP contribution in [-0.2, 0) is 26.1 Å². The lowest BCUT2D eigenvalue weighted by Gasteiger charge is -2.30. The largest absolute Gasteiger partial charge is 0.465 e. The molecule has 2 aromatic rings. The third-order valence-electron chi connectivity index (χ3n) is 4.31. The lowest BCUT2D eigenvalue weighted by atomic mass is 10.0. The number of halogens is 2. The minimum Gasteiger partial charge on any atom is -0.465 e. The average molecular weight is 486 g/mol. The molecule has 0 N–H and O–H groups in total. The quantitative estimate of drug-likeness (QED) is 0.480. The molecule has 0 heterocycles. The van der Waals surface area contributed by atoms with Crippen LogP contribution in [0.15, 0.2) is 57.9 Å². The first-order valence-corrected chi connectivity index (χ1v) is 11.6. The third kappa shape index (κ3) is 6.10. The molecule has 0 aliphatic heterocycles. The number of sulfonamides is 1. The molecule has 0 unspecified atom stereocenters. The Morgan fingerprint density at radius 3 is 2.31 bits per heavy atom. The Labute approximate surface area is 180 Å². The van der Waals surface area contributed by atoms with Crippen molar-refractivity contribution in [1.82, 2.24) is 4.31 Å². The fourth-order valence-corrected chi connectivity index (χ4v) is 4.75. The van der Waals surface area contributed by atoms with Gasteiger partial charge in [-0.3, -0.25) is 4.79 Å². The predicted molar refractivity (Wildman–Crippen MR) is 113 cm³/mol. The van der Waals surface area contributed by atoms with E-state index < -0.39 is 27.9 Å². The van der Waals surface area contributed by atoms with E-state index in [0.717, 1.165) is 8.78 Å². The van der Waals surface area contributed by atoms with Gasteiger partial charge >= 0.3 is 5.97 Å². The zero-order valence-electron chi connectivity index (χ0n) is 16.6. The van der Waals surface area contributed by atoms with E-state index >= 15 is 0 Å². The minimum absolute atomic E-state index is 0.0210. The number of hydrogen-bond donors (Lipinski definition) is 0. The van der Waals surface area contributed by atoms with Crippen LogP contribution in [0.3, 0.4) is 0 Å². The summed E-state index contributed by atoms with van der Waals surface area (Å²) < 4.78 is 48.2. The molecule has 2 rings (SSSR count). The standard InChI is InChI=1S/C21H25BrFNO4S/c1-4-28-21(25)20(13-15(2)3)24(14-16-7-5-6-8-19(16)23)29(26,27)18-11-9-17(22)10-12-18/h5-12,15,20H,4,13-14H2,1-3H3/t20-/m1/s1. The molecule has 1 atom stereocenters. The van der Waals surface area contributed by atoms with Crippen molar-refractivity contribution < 1.29 is 22.3 Å². The molecule has 8 heteroatoms. The lowest BCUT2D eigenvalue weighted by molar-refractivity contribution is -0.148. The maximum absolute atomic E-state index is 14.3. The highest BCUT2D eigenvalue weighted by Gasteiger charge is 2.37. The molecule has 0 saturated carbocycles. The third-order valence-corrected chi connectivity index (χ3v) is 6.70. The van der Waals surface area contributed by atoms with Crippen LogP contribution in [0, 0.1) is 11.7 Å². The SMILES string of the molecule is CCOC(=O)[C@@H](CC(C)C)N(Cc1ccccc1F)S(=O)(=O)c1ccc(Br)cc1. The van der Waals surface area contributed by atoms with Gasteiger partial charge < -0.3 is 4.74 Å². The Morgan fingerprint density at radius 2 is 1.76 bits per heavy atom. The summed E-state index contributed by atoms with van der Waals surface area (Å²) in [7, 11) is -4.10. The molecule has 0 aliphatic carbocycles. The maximum atomic E-state index is 14.3. The second kappa shape index (κ2) is 10.3. The summed E-state index contributed by atoms with van der Waals surface area (Å²) in [5.74, 6) is -1.15. The Hall–Kier alpha value is -1.77. The molecule has 0 saturated heterocycles. The van der Waals surface area contributed by atoms with E-state index in [1.165, 1.54) is 30.3 Å². The van der Waals surface area contributed by atoms with Crippen molar-refractivity contribution in [2.24, 2.45) is 5.92 Å². The van der Waals surface area contributed by atoms with E-state index in [2.05, 4.69) is 15.9 Å². The molecule has 0 fully saturated rings. The molecule has 0 aliphatic rings. The summed E-state index contributed by atoms with van der Waals surface area (Å²) in [6, 6.07) is 11.0. The fraction of sp³-hybridized carbons (Fsp3) is 0.381. The number of benzene rings is 2. The molecule has 5 nitrogen and oxygen atoms in total. The second-order valence-electron chi connectivity index (χ2n) is 6.99. The van der Waals surface area contributed by atoms with Gasteiger partial charge in [0.05, 0.1) is 11.5 Å². The van der Waals surface area contributed by atoms with Crippen molar-refractivity contribution in [2.45, 2.75) is 44.7 Å². The van der Waals surface area contributed by atoms with Crippen LogP contribution in [-0.4, -0.2) is 31.3 Å². The van der Waals surface area contributed by atoms with Gasteiger partial charge in [-0.1, -0.05) is 48.0 Å². The molecule has 0 bridgehead atoms. The number of ether oxygens (including phenoxy) is 1. The van der Waals surface area contributed by atoms with Crippen molar-refractivity contribution in [2.75, 3.05) is 6.61 Å². The van der Waals surface area contributed by atoms with Crippen LogP contribution in [0.25, 0.3) is 0 Å². The zero-order chi connectivity index (χ0) is 21.6. The highest BCUT2D eigenvalue weighted by atomic mass is 79.9. The Balaban J connectivity index is 2.57. The number of esters is 1. The van der Waals surface area contributed by atoms with E-state index in [0.29, 0.717) is 0 Å². The number of carbonyl (C=O) groups is 1. The van der Waals surface area contributed by atoms with Gasteiger partial charge in [0, 0.05) is 16.6 Å². The molecule has 0 radical (unpaired) electrons. The molecular formula is C21H25BrFNO4S.